The van der Waals surface area contributed by atoms with Crippen molar-refractivity contribution in [3.63, 3.8) is 0 Å². The molecule has 0 spiro atoms. The SMILES string of the molecule is CCOc1c(NNC(=O)CCCCCO[C@@H]2O[C@H](CO)[C@@H](O[C@@H]3O[C@H](CO)[C@H](O)[C@H](O)[C@H]3O)[C@H](O)[C@H]2O)c(=O)c1=O. The number of nitrogens with one attached hydrogen (secondary N) is 2. The van der Waals surface area contributed by atoms with Gasteiger partial charge >= 0.3 is 0 Å². The van der Waals surface area contributed by atoms with Crippen LogP contribution in [0.25, 0.3) is 0 Å². The minimum absolute atomic E-state index is 0.0614. The van der Waals surface area contributed by atoms with Crippen molar-refractivity contribution < 1.29 is 64.2 Å². The van der Waals surface area contributed by atoms with Crippen molar-refractivity contribution in [1.29, 1.82) is 0 Å². The van der Waals surface area contributed by atoms with Gasteiger partial charge in [0.25, 0.3) is 10.9 Å². The lowest BCUT2D eigenvalue weighted by Gasteiger charge is -2.45. The van der Waals surface area contributed by atoms with E-state index in [0.717, 1.165) is 0 Å². The van der Waals surface area contributed by atoms with Crippen molar-refractivity contribution in [3.8, 4) is 5.75 Å². The van der Waals surface area contributed by atoms with Gasteiger partial charge in [0.2, 0.25) is 5.91 Å². The molecule has 3 rings (SSSR count). The van der Waals surface area contributed by atoms with Crippen molar-refractivity contribution in [1.82, 2.24) is 5.43 Å². The van der Waals surface area contributed by atoms with Gasteiger partial charge < -0.3 is 59.4 Å². The molecule has 0 aromatic heterocycles. The molecule has 1 aromatic rings. The quantitative estimate of drug-likeness (QED) is 0.0525. The largest absolute Gasteiger partial charge is 0.488 e. The first-order valence-corrected chi connectivity index (χ1v) is 13.3. The van der Waals surface area contributed by atoms with E-state index in [-0.39, 0.29) is 31.1 Å². The van der Waals surface area contributed by atoms with Crippen LogP contribution in [0.5, 0.6) is 5.75 Å². The highest BCUT2D eigenvalue weighted by atomic mass is 16.7. The fourth-order valence-electron chi connectivity index (χ4n) is 4.42. The van der Waals surface area contributed by atoms with E-state index in [1.807, 2.05) is 0 Å². The summed E-state index contributed by atoms with van der Waals surface area (Å²) in [6, 6.07) is 0. The molecule has 9 N–H and O–H groups in total. The molecule has 17 nitrogen and oxygen atoms in total. The van der Waals surface area contributed by atoms with Gasteiger partial charge in [-0.1, -0.05) is 6.42 Å². The van der Waals surface area contributed by atoms with Crippen molar-refractivity contribution in [2.24, 2.45) is 0 Å². The summed E-state index contributed by atoms with van der Waals surface area (Å²) >= 11 is 0. The Hall–Kier alpha value is -2.29. The van der Waals surface area contributed by atoms with Crippen LogP contribution in [0.15, 0.2) is 9.59 Å². The van der Waals surface area contributed by atoms with Gasteiger partial charge in [0.05, 0.1) is 19.8 Å². The molecule has 0 aliphatic carbocycles. The van der Waals surface area contributed by atoms with Crippen LogP contribution in [0.3, 0.4) is 0 Å². The summed E-state index contributed by atoms with van der Waals surface area (Å²) in [6.45, 7) is 0.517. The van der Waals surface area contributed by atoms with E-state index in [2.05, 4.69) is 10.9 Å². The molecular formula is C24H38N2O15. The van der Waals surface area contributed by atoms with Crippen LogP contribution < -0.4 is 26.4 Å². The fourth-order valence-corrected chi connectivity index (χ4v) is 4.42. The zero-order valence-electron chi connectivity index (χ0n) is 22.3. The number of carbonyl (C=O) groups is 1. The summed E-state index contributed by atoms with van der Waals surface area (Å²) in [4.78, 5) is 35.0. The van der Waals surface area contributed by atoms with Crippen molar-refractivity contribution in [2.45, 2.75) is 94.0 Å². The van der Waals surface area contributed by atoms with Crippen molar-refractivity contribution >= 4 is 11.6 Å². The van der Waals surface area contributed by atoms with E-state index in [1.165, 1.54) is 0 Å². The summed E-state index contributed by atoms with van der Waals surface area (Å²) < 4.78 is 26.8. The topological polar surface area (TPSA) is 263 Å². The first-order valence-electron chi connectivity index (χ1n) is 13.3. The Morgan fingerprint density at radius 3 is 2.15 bits per heavy atom. The molecule has 2 saturated heterocycles. The van der Waals surface area contributed by atoms with Crippen LogP contribution >= 0.6 is 0 Å². The Labute approximate surface area is 233 Å². The van der Waals surface area contributed by atoms with E-state index in [4.69, 9.17) is 23.7 Å². The van der Waals surface area contributed by atoms with E-state index < -0.39 is 91.4 Å². The van der Waals surface area contributed by atoms with Gasteiger partial charge in [-0.15, -0.1) is 0 Å². The Bertz CT molecular complexity index is 1040. The van der Waals surface area contributed by atoms with Crippen molar-refractivity contribution in [3.05, 3.63) is 20.4 Å². The molecule has 0 unspecified atom stereocenters. The molecule has 41 heavy (non-hydrogen) atoms. The lowest BCUT2D eigenvalue weighted by atomic mass is 9.97. The zero-order chi connectivity index (χ0) is 30.3. The second kappa shape index (κ2) is 15.3. The highest BCUT2D eigenvalue weighted by Gasteiger charge is 2.50. The van der Waals surface area contributed by atoms with Gasteiger partial charge in [0.1, 0.15) is 48.8 Å². The van der Waals surface area contributed by atoms with Crippen LogP contribution in [-0.2, 0) is 23.7 Å². The smallest absolute Gasteiger partial charge is 0.272 e. The van der Waals surface area contributed by atoms with Crippen LogP contribution in [0.1, 0.15) is 32.6 Å². The van der Waals surface area contributed by atoms with E-state index in [9.17, 15) is 50.1 Å². The minimum Gasteiger partial charge on any atom is -0.488 e. The third-order valence-electron chi connectivity index (χ3n) is 6.77. The summed E-state index contributed by atoms with van der Waals surface area (Å²) in [6.07, 6.45) is -13.9. The molecule has 0 radical (unpaired) electrons. The summed E-state index contributed by atoms with van der Waals surface area (Å²) in [5, 5.41) is 70.2. The lowest BCUT2D eigenvalue weighted by molar-refractivity contribution is -0.359. The molecule has 234 valence electrons. The Morgan fingerprint density at radius 1 is 0.829 bits per heavy atom. The molecule has 2 aliphatic heterocycles. The van der Waals surface area contributed by atoms with Gasteiger partial charge in [-0.25, -0.2) is 0 Å². The Morgan fingerprint density at radius 2 is 1.49 bits per heavy atom. The number of ether oxygens (including phenoxy) is 5. The lowest BCUT2D eigenvalue weighted by Crippen LogP contribution is -2.64. The number of hydrogen-bond donors (Lipinski definition) is 9. The third kappa shape index (κ3) is 7.76. The average molecular weight is 595 g/mol. The second-order valence-corrected chi connectivity index (χ2v) is 9.65. The number of anilines is 1. The molecule has 0 bridgehead atoms. The molecule has 2 aliphatic rings. The highest BCUT2D eigenvalue weighted by Crippen LogP contribution is 2.29. The standard InChI is InChI=1S/C24H38N2O15/c1-2-37-22-13(15(31)17(22)33)26-25-12(29)6-4-3-5-7-38-23-20(36)18(34)21(11(9-28)40-23)41-24-19(35)16(32)14(30)10(8-27)39-24/h10-11,14,16,18-21,23-24,26-28,30,32,34-36H,2-9H2,1H3,(H,25,29)/t10-,11-,14+,16+,18-,19-,20-,21-,23-,24+/m1/s1. The summed E-state index contributed by atoms with van der Waals surface area (Å²) in [7, 11) is 0. The van der Waals surface area contributed by atoms with Gasteiger partial charge in [0.15, 0.2) is 24.0 Å². The minimum atomic E-state index is -1.77. The monoisotopic (exact) mass is 594 g/mol. The number of carbonyl (C=O) groups excluding carboxylic acids is 1. The van der Waals surface area contributed by atoms with Gasteiger partial charge in [0, 0.05) is 13.0 Å². The number of aliphatic hydroxyl groups excluding tert-OH is 7. The number of aliphatic hydroxyl groups is 7. The predicted octanol–water partition coefficient (Wildman–Crippen LogP) is -4.67. The summed E-state index contributed by atoms with van der Waals surface area (Å²) in [5.41, 5.74) is 3.08. The average Bonchev–Trinajstić information content (AvgIpc) is 2.97. The second-order valence-electron chi connectivity index (χ2n) is 9.65. The summed E-state index contributed by atoms with van der Waals surface area (Å²) in [5.74, 6) is -0.547. The Balaban J connectivity index is 1.39. The normalized spacial score (nSPS) is 34.0. The van der Waals surface area contributed by atoms with Crippen LogP contribution in [0, 0.1) is 0 Å². The molecule has 1 aromatic carbocycles. The first kappa shape index (κ1) is 33.2. The van der Waals surface area contributed by atoms with Gasteiger partial charge in [-0.3, -0.25) is 25.2 Å². The highest BCUT2D eigenvalue weighted by molar-refractivity contribution is 5.78. The molecule has 2 fully saturated rings. The van der Waals surface area contributed by atoms with Crippen LogP contribution in [-0.4, -0.2) is 129 Å². The number of rotatable bonds is 15. The van der Waals surface area contributed by atoms with Crippen molar-refractivity contribution in [2.75, 3.05) is 31.9 Å². The third-order valence-corrected chi connectivity index (χ3v) is 6.77. The van der Waals surface area contributed by atoms with Crippen LogP contribution in [0.4, 0.5) is 5.69 Å². The number of amides is 1. The molecule has 1 amide bonds. The molecule has 10 atom stereocenters. The molecule has 17 heteroatoms. The van der Waals surface area contributed by atoms with Gasteiger partial charge in [-0.05, 0) is 19.8 Å². The maximum Gasteiger partial charge on any atom is 0.272 e. The van der Waals surface area contributed by atoms with E-state index in [1.54, 1.807) is 6.92 Å². The fraction of sp³-hybridized carbons (Fsp3) is 0.792. The first-order chi connectivity index (χ1) is 19.5. The van der Waals surface area contributed by atoms with E-state index in [0.29, 0.717) is 19.3 Å². The number of hydrazine groups is 1. The number of unbranched alkanes of at least 4 members (excludes halogenated alkanes) is 2. The molecule has 2 heterocycles. The maximum absolute atomic E-state index is 12.0. The van der Waals surface area contributed by atoms with E-state index >= 15 is 0 Å². The zero-order valence-corrected chi connectivity index (χ0v) is 22.3. The maximum atomic E-state index is 12.0. The Kier molecular flexibility index (Phi) is 12.4. The number of hydrogen-bond acceptors (Lipinski definition) is 16. The van der Waals surface area contributed by atoms with Crippen LogP contribution in [0.2, 0.25) is 0 Å². The predicted molar refractivity (Wildman–Crippen MR) is 135 cm³/mol. The molecule has 0 saturated carbocycles. The molecular weight excluding hydrogens is 556 g/mol. The van der Waals surface area contributed by atoms with Gasteiger partial charge in [-0.2, -0.15) is 0 Å².